The van der Waals surface area contributed by atoms with E-state index in [2.05, 4.69) is 25.7 Å². The van der Waals surface area contributed by atoms with Gasteiger partial charge in [0.1, 0.15) is 0 Å². The standard InChI is InChI=1S/C17H24ClNO2/c1-4-6-12-19(13(3)5-2)16-9-7-8-15(18)14(16)10-11-17(20)21/h7-11,13H,4-6,12H2,1-3H3,(H,20,21). The van der Waals surface area contributed by atoms with Gasteiger partial charge in [-0.2, -0.15) is 0 Å². The molecule has 0 bridgehead atoms. The maximum absolute atomic E-state index is 10.8. The number of unbranched alkanes of at least 4 members (excludes halogenated alkanes) is 1. The predicted octanol–water partition coefficient (Wildman–Crippen LogP) is 4.84. The quantitative estimate of drug-likeness (QED) is 0.698. The fourth-order valence-electron chi connectivity index (χ4n) is 2.22. The summed E-state index contributed by atoms with van der Waals surface area (Å²) < 4.78 is 0. The van der Waals surface area contributed by atoms with Crippen LogP contribution in [0.3, 0.4) is 0 Å². The van der Waals surface area contributed by atoms with Crippen LogP contribution in [0.1, 0.15) is 45.6 Å². The Morgan fingerprint density at radius 2 is 2.14 bits per heavy atom. The van der Waals surface area contributed by atoms with E-state index in [1.54, 1.807) is 12.1 Å². The Hall–Kier alpha value is -1.48. The molecule has 1 atom stereocenters. The van der Waals surface area contributed by atoms with Crippen LogP contribution in [0.4, 0.5) is 5.69 Å². The molecule has 4 heteroatoms. The van der Waals surface area contributed by atoms with E-state index in [0.717, 1.165) is 43.1 Å². The van der Waals surface area contributed by atoms with E-state index >= 15 is 0 Å². The van der Waals surface area contributed by atoms with Crippen LogP contribution < -0.4 is 4.90 Å². The van der Waals surface area contributed by atoms with Gasteiger partial charge >= 0.3 is 5.97 Å². The lowest BCUT2D eigenvalue weighted by Gasteiger charge is -2.32. The molecule has 1 aromatic carbocycles. The summed E-state index contributed by atoms with van der Waals surface area (Å²) in [7, 11) is 0. The Morgan fingerprint density at radius 3 is 2.71 bits per heavy atom. The summed E-state index contributed by atoms with van der Waals surface area (Å²) in [6.07, 6.45) is 5.96. The molecular formula is C17H24ClNO2. The van der Waals surface area contributed by atoms with E-state index in [1.807, 2.05) is 12.1 Å². The van der Waals surface area contributed by atoms with E-state index < -0.39 is 5.97 Å². The lowest BCUT2D eigenvalue weighted by Crippen LogP contribution is -2.34. The molecule has 0 aliphatic carbocycles. The van der Waals surface area contributed by atoms with Gasteiger partial charge in [0.05, 0.1) is 0 Å². The largest absolute Gasteiger partial charge is 0.478 e. The summed E-state index contributed by atoms with van der Waals surface area (Å²) in [6, 6.07) is 6.10. The van der Waals surface area contributed by atoms with E-state index in [4.69, 9.17) is 16.7 Å². The molecule has 0 aliphatic heterocycles. The molecule has 1 rings (SSSR count). The third-order valence-electron chi connectivity index (χ3n) is 3.61. The fraction of sp³-hybridized carbons (Fsp3) is 0.471. The van der Waals surface area contributed by atoms with Crippen LogP contribution >= 0.6 is 11.6 Å². The number of nitrogens with zero attached hydrogens (tertiary/aromatic N) is 1. The number of rotatable bonds is 8. The van der Waals surface area contributed by atoms with E-state index in [0.29, 0.717) is 11.1 Å². The van der Waals surface area contributed by atoms with Gasteiger partial charge in [0.25, 0.3) is 0 Å². The van der Waals surface area contributed by atoms with Gasteiger partial charge in [-0.15, -0.1) is 0 Å². The normalized spacial score (nSPS) is 12.6. The number of carbonyl (C=O) groups is 1. The molecule has 0 aromatic heterocycles. The highest BCUT2D eigenvalue weighted by atomic mass is 35.5. The number of anilines is 1. The van der Waals surface area contributed by atoms with Gasteiger partial charge in [-0.3, -0.25) is 0 Å². The monoisotopic (exact) mass is 309 g/mol. The molecule has 0 heterocycles. The first-order valence-corrected chi connectivity index (χ1v) is 7.85. The van der Waals surface area contributed by atoms with Gasteiger partial charge in [0.15, 0.2) is 0 Å². The third-order valence-corrected chi connectivity index (χ3v) is 3.94. The number of benzene rings is 1. The third kappa shape index (κ3) is 5.09. The highest BCUT2D eigenvalue weighted by molar-refractivity contribution is 6.32. The summed E-state index contributed by atoms with van der Waals surface area (Å²) in [5.74, 6) is -0.968. The number of hydrogen-bond donors (Lipinski definition) is 1. The van der Waals surface area contributed by atoms with Crippen LogP contribution in [0.15, 0.2) is 24.3 Å². The van der Waals surface area contributed by atoms with Crippen molar-refractivity contribution in [2.24, 2.45) is 0 Å². The summed E-state index contributed by atoms with van der Waals surface area (Å²) in [5.41, 5.74) is 1.78. The van der Waals surface area contributed by atoms with Crippen molar-refractivity contribution in [2.45, 2.75) is 46.1 Å². The van der Waals surface area contributed by atoms with Gasteiger partial charge < -0.3 is 10.0 Å². The second-order valence-corrected chi connectivity index (χ2v) is 5.56. The Balaban J connectivity index is 3.23. The maximum atomic E-state index is 10.8. The van der Waals surface area contributed by atoms with Crippen molar-refractivity contribution in [3.05, 3.63) is 34.9 Å². The minimum absolute atomic E-state index is 0.381. The van der Waals surface area contributed by atoms with Crippen molar-refractivity contribution in [1.29, 1.82) is 0 Å². The molecule has 0 saturated heterocycles. The molecule has 0 spiro atoms. The molecule has 0 fully saturated rings. The molecule has 0 amide bonds. The van der Waals surface area contributed by atoms with Gasteiger partial charge in [-0.25, -0.2) is 4.79 Å². The zero-order valence-electron chi connectivity index (χ0n) is 13.0. The van der Waals surface area contributed by atoms with Crippen molar-refractivity contribution in [1.82, 2.24) is 0 Å². The molecule has 0 radical (unpaired) electrons. The van der Waals surface area contributed by atoms with Crippen LogP contribution in [-0.2, 0) is 4.79 Å². The van der Waals surface area contributed by atoms with Crippen molar-refractivity contribution in [2.75, 3.05) is 11.4 Å². The van der Waals surface area contributed by atoms with Crippen LogP contribution in [0, 0.1) is 0 Å². The Morgan fingerprint density at radius 1 is 1.43 bits per heavy atom. The van der Waals surface area contributed by atoms with Crippen molar-refractivity contribution >= 4 is 29.3 Å². The second-order valence-electron chi connectivity index (χ2n) is 5.15. The SMILES string of the molecule is CCCCN(c1cccc(Cl)c1C=CC(=O)O)C(C)CC. The Bertz CT molecular complexity index is 500. The average Bonchev–Trinajstić information content (AvgIpc) is 2.46. The molecule has 0 aliphatic rings. The number of carboxylic acid groups (broad SMARTS) is 1. The molecule has 1 N–H and O–H groups in total. The van der Waals surface area contributed by atoms with Gasteiger partial charge in [-0.1, -0.05) is 37.9 Å². The molecule has 1 aromatic rings. The maximum Gasteiger partial charge on any atom is 0.328 e. The van der Waals surface area contributed by atoms with Crippen LogP contribution in [-0.4, -0.2) is 23.7 Å². The van der Waals surface area contributed by atoms with Crippen molar-refractivity contribution in [3.63, 3.8) is 0 Å². The molecule has 116 valence electrons. The first-order valence-electron chi connectivity index (χ1n) is 7.47. The number of carboxylic acids is 1. The Labute approximate surface area is 132 Å². The number of halogens is 1. The zero-order chi connectivity index (χ0) is 15.8. The zero-order valence-corrected chi connectivity index (χ0v) is 13.7. The van der Waals surface area contributed by atoms with Gasteiger partial charge in [0, 0.05) is 34.9 Å². The number of hydrogen-bond acceptors (Lipinski definition) is 2. The summed E-state index contributed by atoms with van der Waals surface area (Å²) >= 11 is 6.27. The molecule has 3 nitrogen and oxygen atoms in total. The predicted molar refractivity (Wildman–Crippen MR) is 90.1 cm³/mol. The first kappa shape index (κ1) is 17.6. The summed E-state index contributed by atoms with van der Waals surface area (Å²) in [4.78, 5) is 13.1. The van der Waals surface area contributed by atoms with E-state index in [1.165, 1.54) is 0 Å². The lowest BCUT2D eigenvalue weighted by molar-refractivity contribution is -0.131. The summed E-state index contributed by atoms with van der Waals surface area (Å²) in [6.45, 7) is 7.44. The lowest BCUT2D eigenvalue weighted by atomic mass is 10.1. The van der Waals surface area contributed by atoms with Crippen molar-refractivity contribution in [3.8, 4) is 0 Å². The smallest absolute Gasteiger partial charge is 0.328 e. The molecule has 21 heavy (non-hydrogen) atoms. The second kappa shape index (κ2) is 8.73. The summed E-state index contributed by atoms with van der Waals surface area (Å²) in [5, 5.41) is 9.43. The minimum atomic E-state index is -0.968. The van der Waals surface area contributed by atoms with Gasteiger partial charge in [-0.05, 0) is 38.0 Å². The fourth-order valence-corrected chi connectivity index (χ4v) is 2.46. The van der Waals surface area contributed by atoms with Crippen LogP contribution in [0.25, 0.3) is 6.08 Å². The Kier molecular flexibility index (Phi) is 7.30. The highest BCUT2D eigenvalue weighted by Crippen LogP contribution is 2.31. The molecule has 0 saturated carbocycles. The molecular weight excluding hydrogens is 286 g/mol. The average molecular weight is 310 g/mol. The van der Waals surface area contributed by atoms with Crippen LogP contribution in [0.5, 0.6) is 0 Å². The molecule has 1 unspecified atom stereocenters. The first-order chi connectivity index (χ1) is 10.0. The number of aliphatic carboxylic acids is 1. The van der Waals surface area contributed by atoms with Gasteiger partial charge in [0.2, 0.25) is 0 Å². The highest BCUT2D eigenvalue weighted by Gasteiger charge is 2.16. The topological polar surface area (TPSA) is 40.5 Å². The van der Waals surface area contributed by atoms with E-state index in [-0.39, 0.29) is 0 Å². The van der Waals surface area contributed by atoms with Crippen LogP contribution in [0.2, 0.25) is 5.02 Å². The van der Waals surface area contributed by atoms with Crippen molar-refractivity contribution < 1.29 is 9.90 Å². The minimum Gasteiger partial charge on any atom is -0.478 e. The van der Waals surface area contributed by atoms with E-state index in [9.17, 15) is 4.79 Å².